The molecule has 6 heteroatoms. The lowest BCUT2D eigenvalue weighted by Crippen LogP contribution is -2.25. The lowest BCUT2D eigenvalue weighted by atomic mass is 10.0. The number of nitrogens with one attached hydrogen (secondary N) is 1. The van der Waals surface area contributed by atoms with Gasteiger partial charge in [0, 0.05) is 27.8 Å². The molecule has 142 valence electrons. The second-order valence-corrected chi connectivity index (χ2v) is 7.97. The molecule has 1 N–H and O–H groups in total. The van der Waals surface area contributed by atoms with Crippen LogP contribution in [-0.4, -0.2) is 24.2 Å². The Hall–Kier alpha value is -2.34. The summed E-state index contributed by atoms with van der Waals surface area (Å²) in [6.07, 6.45) is 8.17. The van der Waals surface area contributed by atoms with Crippen molar-refractivity contribution in [2.45, 2.75) is 31.2 Å². The van der Waals surface area contributed by atoms with Crippen molar-refractivity contribution in [2.75, 3.05) is 19.6 Å². The standard InChI is InChI=1S/C21H24N2O3S/c1-14-7-16(9-23(21(14)24)10-17-12-25-13-22-17)19-8-18(27-2)5-6-20(19)26-11-15-3-4-15/h5-9,12,15,22H,3-4,10-11,13H2,1-2H3. The molecule has 0 spiro atoms. The third-order valence-electron chi connectivity index (χ3n) is 4.88. The molecule has 1 aromatic heterocycles. The van der Waals surface area contributed by atoms with Gasteiger partial charge in [0.15, 0.2) is 6.73 Å². The number of pyridine rings is 1. The van der Waals surface area contributed by atoms with Crippen LogP contribution in [0.2, 0.25) is 0 Å². The molecule has 27 heavy (non-hydrogen) atoms. The van der Waals surface area contributed by atoms with Crippen molar-refractivity contribution < 1.29 is 9.47 Å². The van der Waals surface area contributed by atoms with E-state index in [-0.39, 0.29) is 5.56 Å². The van der Waals surface area contributed by atoms with E-state index in [1.54, 1.807) is 22.6 Å². The first-order valence-corrected chi connectivity index (χ1v) is 10.4. The van der Waals surface area contributed by atoms with E-state index in [0.717, 1.165) is 34.7 Å². The van der Waals surface area contributed by atoms with Gasteiger partial charge < -0.3 is 19.4 Å². The third-order valence-corrected chi connectivity index (χ3v) is 5.61. The Labute approximate surface area is 163 Å². The van der Waals surface area contributed by atoms with Gasteiger partial charge in [-0.15, -0.1) is 11.8 Å². The number of rotatable bonds is 7. The summed E-state index contributed by atoms with van der Waals surface area (Å²) in [5.74, 6) is 1.57. The molecule has 2 heterocycles. The summed E-state index contributed by atoms with van der Waals surface area (Å²) in [4.78, 5) is 13.8. The summed E-state index contributed by atoms with van der Waals surface area (Å²) in [6, 6.07) is 8.23. The van der Waals surface area contributed by atoms with Gasteiger partial charge in [-0.2, -0.15) is 0 Å². The Kier molecular flexibility index (Phi) is 5.16. The largest absolute Gasteiger partial charge is 0.493 e. The molecule has 1 aliphatic heterocycles. The number of hydrogen-bond donors (Lipinski definition) is 1. The van der Waals surface area contributed by atoms with Crippen molar-refractivity contribution in [3.05, 3.63) is 58.3 Å². The van der Waals surface area contributed by atoms with Crippen LogP contribution in [-0.2, 0) is 11.3 Å². The highest BCUT2D eigenvalue weighted by atomic mass is 32.2. The summed E-state index contributed by atoms with van der Waals surface area (Å²) in [7, 11) is 0. The molecule has 2 aromatic rings. The van der Waals surface area contributed by atoms with E-state index < -0.39 is 0 Å². The molecule has 4 rings (SSSR count). The fourth-order valence-corrected chi connectivity index (χ4v) is 3.56. The van der Waals surface area contributed by atoms with Gasteiger partial charge in [0.1, 0.15) is 12.0 Å². The molecule has 2 aliphatic rings. The van der Waals surface area contributed by atoms with E-state index in [2.05, 4.69) is 23.7 Å². The van der Waals surface area contributed by atoms with E-state index in [9.17, 15) is 4.79 Å². The maximum atomic E-state index is 12.6. The minimum absolute atomic E-state index is 0.00909. The van der Waals surface area contributed by atoms with Crippen LogP contribution in [0.1, 0.15) is 18.4 Å². The molecule has 1 fully saturated rings. The number of hydrogen-bond acceptors (Lipinski definition) is 5. The third kappa shape index (κ3) is 4.16. The second-order valence-electron chi connectivity index (χ2n) is 7.09. The smallest absolute Gasteiger partial charge is 0.253 e. The number of nitrogens with zero attached hydrogens (tertiary/aromatic N) is 1. The first-order chi connectivity index (χ1) is 13.1. The van der Waals surface area contributed by atoms with Crippen molar-refractivity contribution in [2.24, 2.45) is 5.92 Å². The topological polar surface area (TPSA) is 52.5 Å². The number of aryl methyl sites for hydroxylation is 1. The van der Waals surface area contributed by atoms with Gasteiger partial charge in [-0.1, -0.05) is 0 Å². The van der Waals surface area contributed by atoms with Crippen LogP contribution < -0.4 is 15.6 Å². The molecule has 0 unspecified atom stereocenters. The number of benzene rings is 1. The van der Waals surface area contributed by atoms with Gasteiger partial charge in [-0.25, -0.2) is 0 Å². The van der Waals surface area contributed by atoms with Crippen LogP contribution in [0.4, 0.5) is 0 Å². The quantitative estimate of drug-likeness (QED) is 0.737. The molecule has 1 aliphatic carbocycles. The molecule has 5 nitrogen and oxygen atoms in total. The fourth-order valence-electron chi connectivity index (χ4n) is 3.12. The summed E-state index contributed by atoms with van der Waals surface area (Å²) in [5.41, 5.74) is 3.65. The average Bonchev–Trinajstić information content (AvgIpc) is 3.37. The summed E-state index contributed by atoms with van der Waals surface area (Å²) in [6.45, 7) is 3.54. The zero-order valence-electron chi connectivity index (χ0n) is 15.7. The van der Waals surface area contributed by atoms with Crippen LogP contribution in [0.15, 0.2) is 52.1 Å². The summed E-state index contributed by atoms with van der Waals surface area (Å²) < 4.78 is 13.1. The van der Waals surface area contributed by atoms with Crippen molar-refractivity contribution in [1.29, 1.82) is 0 Å². The normalized spacial score (nSPS) is 15.9. The predicted molar refractivity (Wildman–Crippen MR) is 108 cm³/mol. The van der Waals surface area contributed by atoms with Crippen LogP contribution in [0, 0.1) is 12.8 Å². The van der Waals surface area contributed by atoms with Crippen LogP contribution in [0.3, 0.4) is 0 Å². The molecule has 0 saturated heterocycles. The Morgan fingerprint density at radius 2 is 2.19 bits per heavy atom. The maximum absolute atomic E-state index is 12.6. The van der Waals surface area contributed by atoms with Crippen LogP contribution in [0.25, 0.3) is 11.1 Å². The number of thioether (sulfide) groups is 1. The van der Waals surface area contributed by atoms with E-state index >= 15 is 0 Å². The molecular formula is C21H24N2O3S. The lowest BCUT2D eigenvalue weighted by Gasteiger charge is -2.15. The molecule has 1 aromatic carbocycles. The first-order valence-electron chi connectivity index (χ1n) is 9.21. The van der Waals surface area contributed by atoms with Gasteiger partial charge >= 0.3 is 0 Å². The SMILES string of the molecule is CSc1ccc(OCC2CC2)c(-c2cc(C)c(=O)n(CC3=COCN3)c2)c1. The molecule has 0 atom stereocenters. The fraction of sp³-hybridized carbons (Fsp3) is 0.381. The monoisotopic (exact) mass is 384 g/mol. The van der Waals surface area contributed by atoms with E-state index in [1.807, 2.05) is 25.3 Å². The molecule has 0 radical (unpaired) electrons. The van der Waals surface area contributed by atoms with Crippen LogP contribution in [0.5, 0.6) is 5.75 Å². The second kappa shape index (κ2) is 7.72. The van der Waals surface area contributed by atoms with E-state index in [1.165, 1.54) is 17.7 Å². The number of allylic oxidation sites excluding steroid dienone is 1. The Morgan fingerprint density at radius 1 is 1.33 bits per heavy atom. The summed E-state index contributed by atoms with van der Waals surface area (Å²) >= 11 is 1.70. The highest BCUT2D eigenvalue weighted by Crippen LogP contribution is 2.36. The summed E-state index contributed by atoms with van der Waals surface area (Å²) in [5, 5.41) is 3.13. The minimum atomic E-state index is 0.00909. The van der Waals surface area contributed by atoms with Crippen molar-refractivity contribution in [3.8, 4) is 16.9 Å². The van der Waals surface area contributed by atoms with Gasteiger partial charge in [0.05, 0.1) is 18.8 Å². The van der Waals surface area contributed by atoms with Crippen molar-refractivity contribution in [1.82, 2.24) is 9.88 Å². The molecule has 0 amide bonds. The Morgan fingerprint density at radius 3 is 2.89 bits per heavy atom. The minimum Gasteiger partial charge on any atom is -0.493 e. The Balaban J connectivity index is 1.72. The number of ether oxygens (including phenoxy) is 2. The van der Waals surface area contributed by atoms with Gasteiger partial charge in [0.2, 0.25) is 0 Å². The Bertz CT molecular complexity index is 932. The van der Waals surface area contributed by atoms with Gasteiger partial charge in [0.25, 0.3) is 5.56 Å². The van der Waals surface area contributed by atoms with E-state index in [0.29, 0.717) is 19.2 Å². The lowest BCUT2D eigenvalue weighted by molar-refractivity contribution is 0.267. The average molecular weight is 385 g/mol. The van der Waals surface area contributed by atoms with Gasteiger partial charge in [-0.05, 0) is 56.2 Å². The highest BCUT2D eigenvalue weighted by molar-refractivity contribution is 7.98. The first kappa shape index (κ1) is 18.0. The van der Waals surface area contributed by atoms with Crippen molar-refractivity contribution >= 4 is 11.8 Å². The maximum Gasteiger partial charge on any atom is 0.253 e. The number of aromatic nitrogens is 1. The van der Waals surface area contributed by atoms with Crippen molar-refractivity contribution in [3.63, 3.8) is 0 Å². The van der Waals surface area contributed by atoms with Gasteiger partial charge in [-0.3, -0.25) is 4.79 Å². The molecule has 1 saturated carbocycles. The van der Waals surface area contributed by atoms with E-state index in [4.69, 9.17) is 9.47 Å². The van der Waals surface area contributed by atoms with Crippen LogP contribution >= 0.6 is 11.8 Å². The predicted octanol–water partition coefficient (Wildman–Crippen LogP) is 3.75. The highest BCUT2D eigenvalue weighted by Gasteiger charge is 2.23. The molecule has 0 bridgehead atoms. The zero-order valence-corrected chi connectivity index (χ0v) is 16.5. The molecular weight excluding hydrogens is 360 g/mol. The zero-order chi connectivity index (χ0) is 18.8.